The third-order valence-corrected chi connectivity index (χ3v) is 16.1. The van der Waals surface area contributed by atoms with E-state index in [0.717, 1.165) is 75.2 Å². The highest BCUT2D eigenvalue weighted by Gasteiger charge is 2.27. The van der Waals surface area contributed by atoms with Crippen LogP contribution in [0.1, 0.15) is 33.4 Å². The lowest BCUT2D eigenvalue weighted by Gasteiger charge is -2.25. The van der Waals surface area contributed by atoms with Gasteiger partial charge in [0.15, 0.2) is 34.5 Å². The van der Waals surface area contributed by atoms with Crippen LogP contribution in [0.15, 0.2) is 129 Å². The summed E-state index contributed by atoms with van der Waals surface area (Å²) in [4.78, 5) is 77.8. The molecule has 0 aliphatic carbocycles. The van der Waals surface area contributed by atoms with Gasteiger partial charge in [0, 0.05) is 107 Å². The molecule has 19 heteroatoms. The number of amides is 2. The molecule has 6 aliphatic heterocycles. The fourth-order valence-corrected chi connectivity index (χ4v) is 12.0. The minimum absolute atomic E-state index is 0.112. The zero-order valence-corrected chi connectivity index (χ0v) is 44.1. The van der Waals surface area contributed by atoms with Crippen LogP contribution in [-0.2, 0) is 64.3 Å². The maximum atomic E-state index is 13.7. The van der Waals surface area contributed by atoms with Gasteiger partial charge >= 0.3 is 0 Å². The zero-order valence-electron chi connectivity index (χ0n) is 41.7. The van der Waals surface area contributed by atoms with Gasteiger partial charge in [-0.25, -0.2) is 0 Å². The van der Waals surface area contributed by atoms with Gasteiger partial charge in [-0.15, -0.1) is 0 Å². The van der Waals surface area contributed by atoms with Crippen LogP contribution < -0.4 is 27.9 Å². The van der Waals surface area contributed by atoms with E-state index in [0.29, 0.717) is 139 Å². The second-order valence-electron chi connectivity index (χ2n) is 18.5. The summed E-state index contributed by atoms with van der Waals surface area (Å²) in [6.45, 7) is 5.63. The molecule has 2 fully saturated rings. The number of hydrogen-bond acceptors (Lipinski definition) is 17. The molecule has 0 bridgehead atoms. The van der Waals surface area contributed by atoms with Crippen molar-refractivity contribution in [1.82, 2.24) is 9.80 Å². The Morgan fingerprint density at radius 1 is 0.442 bits per heavy atom. The van der Waals surface area contributed by atoms with Crippen LogP contribution in [0.25, 0.3) is 34.4 Å². The number of hydrogen-bond donors (Lipinski definition) is 0. The van der Waals surface area contributed by atoms with E-state index in [2.05, 4.69) is 24.3 Å². The van der Waals surface area contributed by atoms with Crippen LogP contribution in [0.3, 0.4) is 0 Å². The summed E-state index contributed by atoms with van der Waals surface area (Å²) in [5.41, 5.74) is 8.68. The molecule has 0 saturated carbocycles. The largest absolute Gasteiger partial charge is 0.419 e. The molecule has 6 heterocycles. The first kappa shape index (κ1) is 51.1. The first-order chi connectivity index (χ1) is 38.0. The summed E-state index contributed by atoms with van der Waals surface area (Å²) >= 11 is 3.93. The van der Waals surface area contributed by atoms with Crippen LogP contribution >= 0.6 is 35.8 Å². The lowest BCUT2D eigenvalue weighted by molar-refractivity contribution is -0.215. The molecule has 6 aromatic rings. The highest BCUT2D eigenvalue weighted by atomic mass is 32.2. The highest BCUT2D eigenvalue weighted by molar-refractivity contribution is 7.99. The van der Waals surface area contributed by atoms with Gasteiger partial charge < -0.3 is 47.2 Å². The number of fused-ring (bicyclic) bond motifs is 4. The van der Waals surface area contributed by atoms with Crippen molar-refractivity contribution in [2.75, 3.05) is 79.0 Å². The molecule has 0 N–H and O–H groups in total. The number of nitrogens with zero attached hydrogens (tertiary/aromatic N) is 2. The maximum Gasteiger partial charge on any atom is 0.246 e. The lowest BCUT2D eigenvalue weighted by Crippen LogP contribution is -2.39. The average Bonchev–Trinajstić information content (AvgIpc) is 3.49. The standard InChI is InChI=1S/C58H52N2O14S3/c61-53(59-21-29-63-30-22-59)15-5-37-3-13-51(57(55(37)43-1-9-47-39(33-43)17-25-65-69-47)73-76-45-7-11-49-41(35-45)19-27-67-71-49)75-52-14-4-38(6-16-54(62)60-23-31-64-32-24-60)56(44-2-10-48-40(34-44)18-26-66-70-48)58(52)74-77-46-8-12-50-42(36-46)20-28-68-72-50/h1-16,33-36H,17-32H2. The van der Waals surface area contributed by atoms with Crippen LogP contribution in [0.5, 0.6) is 34.5 Å². The molecule has 77 heavy (non-hydrogen) atoms. The van der Waals surface area contributed by atoms with Gasteiger partial charge in [-0.1, -0.05) is 36.0 Å². The Morgan fingerprint density at radius 3 is 1.22 bits per heavy atom. The molecule has 16 nitrogen and oxygen atoms in total. The van der Waals surface area contributed by atoms with Crippen molar-refractivity contribution in [3.8, 4) is 56.8 Å². The first-order valence-corrected chi connectivity index (χ1v) is 27.8. The lowest BCUT2D eigenvalue weighted by atomic mass is 9.95. The predicted molar refractivity (Wildman–Crippen MR) is 288 cm³/mol. The molecular weight excluding hydrogens is 1040 g/mol. The topological polar surface area (TPSA) is 151 Å². The van der Waals surface area contributed by atoms with E-state index in [4.69, 9.17) is 56.9 Å². The summed E-state index contributed by atoms with van der Waals surface area (Å²) in [5.74, 6) is 3.48. The molecule has 2 saturated heterocycles. The molecule has 396 valence electrons. The number of morpholine rings is 2. The van der Waals surface area contributed by atoms with E-state index < -0.39 is 0 Å². The Hall–Kier alpha value is -6.65. The minimum atomic E-state index is -0.112. The molecule has 0 aromatic heterocycles. The average molecular weight is 1100 g/mol. The summed E-state index contributed by atoms with van der Waals surface area (Å²) in [6, 6.07) is 31.8. The minimum Gasteiger partial charge on any atom is -0.419 e. The van der Waals surface area contributed by atoms with Crippen LogP contribution in [-0.4, -0.2) is 101 Å². The molecule has 0 radical (unpaired) electrons. The molecule has 0 atom stereocenters. The van der Waals surface area contributed by atoms with Crippen molar-refractivity contribution in [3.63, 3.8) is 0 Å². The summed E-state index contributed by atoms with van der Waals surface area (Å²) < 4.78 is 25.3. The number of ether oxygens (including phenoxy) is 2. The van der Waals surface area contributed by atoms with Crippen molar-refractivity contribution < 1.29 is 66.5 Å². The van der Waals surface area contributed by atoms with Gasteiger partial charge in [-0.2, -0.15) is 19.6 Å². The quantitative estimate of drug-likeness (QED) is 0.0577. The molecule has 0 spiro atoms. The summed E-state index contributed by atoms with van der Waals surface area (Å²) in [6.07, 6.45) is 9.60. The first-order valence-electron chi connectivity index (χ1n) is 25.5. The van der Waals surface area contributed by atoms with E-state index in [1.54, 1.807) is 22.0 Å². The van der Waals surface area contributed by atoms with Crippen molar-refractivity contribution in [3.05, 3.63) is 143 Å². The Labute approximate surface area is 457 Å². The molecule has 6 aliphatic rings. The van der Waals surface area contributed by atoms with Crippen molar-refractivity contribution in [2.45, 2.75) is 45.3 Å². The zero-order chi connectivity index (χ0) is 51.9. The van der Waals surface area contributed by atoms with Gasteiger partial charge in [0.05, 0.1) is 86.7 Å². The van der Waals surface area contributed by atoms with Gasteiger partial charge in [0.2, 0.25) is 11.8 Å². The van der Waals surface area contributed by atoms with E-state index in [-0.39, 0.29) is 11.8 Å². The monoisotopic (exact) mass is 1100 g/mol. The molecule has 0 unspecified atom stereocenters. The van der Waals surface area contributed by atoms with Crippen LogP contribution in [0.4, 0.5) is 0 Å². The number of rotatable bonds is 14. The molecule has 12 rings (SSSR count). The van der Waals surface area contributed by atoms with Gasteiger partial charge in [-0.05, 0) is 107 Å². The third kappa shape index (κ3) is 11.8. The fraction of sp³-hybridized carbons (Fsp3) is 0.276. The second kappa shape index (κ2) is 23.9. The Kier molecular flexibility index (Phi) is 15.9. The third-order valence-electron chi connectivity index (χ3n) is 13.6. The van der Waals surface area contributed by atoms with E-state index >= 15 is 0 Å². The van der Waals surface area contributed by atoms with Crippen molar-refractivity contribution >= 4 is 59.8 Å². The molecular formula is C58H52N2O14S3. The number of benzene rings is 6. The van der Waals surface area contributed by atoms with Gasteiger partial charge in [0.1, 0.15) is 0 Å². The summed E-state index contributed by atoms with van der Waals surface area (Å²) in [7, 11) is 0. The number of carbonyl (C=O) groups excluding carboxylic acids is 2. The van der Waals surface area contributed by atoms with E-state index in [1.807, 2.05) is 84.9 Å². The fourth-order valence-electron chi connectivity index (χ4n) is 9.57. The van der Waals surface area contributed by atoms with E-state index in [9.17, 15) is 9.59 Å². The second-order valence-corrected chi connectivity index (χ2v) is 21.2. The summed E-state index contributed by atoms with van der Waals surface area (Å²) in [5, 5.41) is 0. The van der Waals surface area contributed by atoms with Crippen molar-refractivity contribution in [2.24, 2.45) is 0 Å². The Balaban J connectivity index is 1.02. The Morgan fingerprint density at radius 2 is 0.818 bits per heavy atom. The predicted octanol–water partition coefficient (Wildman–Crippen LogP) is 10.6. The molecule has 6 aromatic carbocycles. The molecule has 2 amide bonds. The maximum absolute atomic E-state index is 13.7. The highest BCUT2D eigenvalue weighted by Crippen LogP contribution is 2.52. The van der Waals surface area contributed by atoms with Crippen LogP contribution in [0, 0.1) is 0 Å². The van der Waals surface area contributed by atoms with Gasteiger partial charge in [0.25, 0.3) is 0 Å². The van der Waals surface area contributed by atoms with E-state index in [1.165, 1.54) is 35.8 Å². The SMILES string of the molecule is O=C(C=Cc1ccc(Sc2ccc(C=CC(=O)N3CCOCC3)c(-c3ccc4c(c3)CCOO4)c2OSc2ccc3c(c2)CCOO3)c(OSc2ccc3c(c2)CCOO3)c1-c1ccc2c(c1)CCOO2)N1CCOCC1. The van der Waals surface area contributed by atoms with Crippen molar-refractivity contribution in [1.29, 1.82) is 0 Å². The Bertz CT molecular complexity index is 3040. The smallest absolute Gasteiger partial charge is 0.246 e. The number of carbonyl (C=O) groups is 2. The van der Waals surface area contributed by atoms with Crippen LogP contribution in [0.2, 0.25) is 0 Å². The normalized spacial score (nSPS) is 17.0. The van der Waals surface area contributed by atoms with Gasteiger partial charge in [-0.3, -0.25) is 9.59 Å².